The van der Waals surface area contributed by atoms with Gasteiger partial charge in [0.2, 0.25) is 0 Å². The Kier molecular flexibility index (Phi) is 4.81. The third-order valence-corrected chi connectivity index (χ3v) is 3.75. The van der Waals surface area contributed by atoms with E-state index in [-0.39, 0.29) is 5.92 Å². The Bertz CT molecular complexity index is 441. The standard InChI is InChI=1S/C15H26N4O/c1-4-16-12-9-13(19-14(18-12)11(2)3)17-10-15(20)7-5-6-8-15/h9,11,20H,4-8,10H2,1-3H3,(H2,16,17,18,19). The van der Waals surface area contributed by atoms with Crippen LogP contribution in [0.15, 0.2) is 6.07 Å². The van der Waals surface area contributed by atoms with Crippen LogP contribution in [0.3, 0.4) is 0 Å². The minimum absolute atomic E-state index is 0.281. The lowest BCUT2D eigenvalue weighted by atomic mass is 10.0. The molecular formula is C15H26N4O. The van der Waals surface area contributed by atoms with Crippen molar-refractivity contribution in [2.75, 3.05) is 23.7 Å². The first-order chi connectivity index (χ1) is 9.52. The predicted octanol–water partition coefficient (Wildman–Crippen LogP) is 2.75. The number of aliphatic hydroxyl groups is 1. The third kappa shape index (κ3) is 3.82. The fourth-order valence-electron chi connectivity index (χ4n) is 2.55. The highest BCUT2D eigenvalue weighted by atomic mass is 16.3. The summed E-state index contributed by atoms with van der Waals surface area (Å²) >= 11 is 0. The van der Waals surface area contributed by atoms with Crippen molar-refractivity contribution >= 4 is 11.6 Å². The first-order valence-corrected chi connectivity index (χ1v) is 7.61. The first kappa shape index (κ1) is 15.0. The Labute approximate surface area is 121 Å². The molecule has 0 aliphatic heterocycles. The van der Waals surface area contributed by atoms with E-state index in [0.717, 1.165) is 49.7 Å². The molecule has 0 bridgehead atoms. The maximum atomic E-state index is 10.4. The van der Waals surface area contributed by atoms with E-state index in [1.54, 1.807) is 0 Å². The number of nitrogens with zero attached hydrogens (tertiary/aromatic N) is 2. The van der Waals surface area contributed by atoms with Crippen molar-refractivity contribution in [1.82, 2.24) is 9.97 Å². The second kappa shape index (κ2) is 6.39. The van der Waals surface area contributed by atoms with Crippen LogP contribution in [0.25, 0.3) is 0 Å². The lowest BCUT2D eigenvalue weighted by Gasteiger charge is -2.23. The Balaban J connectivity index is 2.09. The fourth-order valence-corrected chi connectivity index (χ4v) is 2.55. The zero-order valence-corrected chi connectivity index (χ0v) is 12.7. The second-order valence-electron chi connectivity index (χ2n) is 5.97. The molecule has 0 spiro atoms. The molecule has 112 valence electrons. The van der Waals surface area contributed by atoms with E-state index in [1.165, 1.54) is 0 Å². The molecule has 2 rings (SSSR count). The number of nitrogens with one attached hydrogen (secondary N) is 2. The van der Waals surface area contributed by atoms with Crippen LogP contribution in [-0.2, 0) is 0 Å². The number of hydrogen-bond donors (Lipinski definition) is 3. The van der Waals surface area contributed by atoms with Gasteiger partial charge in [-0.15, -0.1) is 0 Å². The van der Waals surface area contributed by atoms with Crippen molar-refractivity contribution in [1.29, 1.82) is 0 Å². The highest BCUT2D eigenvalue weighted by molar-refractivity contribution is 5.48. The third-order valence-electron chi connectivity index (χ3n) is 3.75. The predicted molar refractivity (Wildman–Crippen MR) is 82.2 cm³/mol. The summed E-state index contributed by atoms with van der Waals surface area (Å²) in [5, 5.41) is 16.9. The van der Waals surface area contributed by atoms with Crippen molar-refractivity contribution in [3.05, 3.63) is 11.9 Å². The minimum Gasteiger partial charge on any atom is -0.388 e. The lowest BCUT2D eigenvalue weighted by Crippen LogP contribution is -2.33. The van der Waals surface area contributed by atoms with Crippen LogP contribution >= 0.6 is 0 Å². The smallest absolute Gasteiger partial charge is 0.135 e. The highest BCUT2D eigenvalue weighted by Gasteiger charge is 2.30. The second-order valence-corrected chi connectivity index (χ2v) is 5.97. The summed E-state index contributed by atoms with van der Waals surface area (Å²) in [5.41, 5.74) is -0.568. The Morgan fingerprint density at radius 1 is 1.20 bits per heavy atom. The molecule has 1 saturated carbocycles. The van der Waals surface area contributed by atoms with Gasteiger partial charge in [0.1, 0.15) is 17.5 Å². The van der Waals surface area contributed by atoms with Gasteiger partial charge in [-0.3, -0.25) is 0 Å². The average Bonchev–Trinajstić information content (AvgIpc) is 2.84. The van der Waals surface area contributed by atoms with E-state index in [9.17, 15) is 5.11 Å². The maximum absolute atomic E-state index is 10.4. The number of anilines is 2. The summed E-state index contributed by atoms with van der Waals surface area (Å²) in [4.78, 5) is 9.03. The SMILES string of the molecule is CCNc1cc(NCC2(O)CCCC2)nc(C(C)C)n1. The van der Waals surface area contributed by atoms with Gasteiger partial charge in [0.05, 0.1) is 5.60 Å². The summed E-state index contributed by atoms with van der Waals surface area (Å²) in [6, 6.07) is 1.91. The molecule has 3 N–H and O–H groups in total. The monoisotopic (exact) mass is 278 g/mol. The van der Waals surface area contributed by atoms with Gasteiger partial charge in [0.15, 0.2) is 0 Å². The summed E-state index contributed by atoms with van der Waals surface area (Å²) in [6.45, 7) is 7.61. The molecule has 0 aromatic carbocycles. The zero-order valence-electron chi connectivity index (χ0n) is 12.7. The van der Waals surface area contributed by atoms with Gasteiger partial charge in [-0.2, -0.15) is 0 Å². The molecule has 0 amide bonds. The molecule has 1 fully saturated rings. The van der Waals surface area contributed by atoms with Gasteiger partial charge < -0.3 is 15.7 Å². The van der Waals surface area contributed by atoms with Crippen LogP contribution in [0.4, 0.5) is 11.6 Å². The van der Waals surface area contributed by atoms with Crippen LogP contribution < -0.4 is 10.6 Å². The summed E-state index contributed by atoms with van der Waals surface area (Å²) in [5.74, 6) is 2.74. The van der Waals surface area contributed by atoms with Gasteiger partial charge >= 0.3 is 0 Å². The fraction of sp³-hybridized carbons (Fsp3) is 0.733. The first-order valence-electron chi connectivity index (χ1n) is 7.61. The molecule has 1 aromatic heterocycles. The number of aromatic nitrogens is 2. The topological polar surface area (TPSA) is 70.1 Å². The normalized spacial score (nSPS) is 17.4. The van der Waals surface area contributed by atoms with Crippen molar-refractivity contribution in [3.63, 3.8) is 0 Å². The molecule has 5 nitrogen and oxygen atoms in total. The summed E-state index contributed by atoms with van der Waals surface area (Å²) in [7, 11) is 0. The molecule has 1 aliphatic rings. The van der Waals surface area contributed by atoms with Gasteiger partial charge in [-0.1, -0.05) is 26.7 Å². The van der Waals surface area contributed by atoms with Gasteiger partial charge in [-0.25, -0.2) is 9.97 Å². The van der Waals surface area contributed by atoms with E-state index < -0.39 is 5.60 Å². The quantitative estimate of drug-likeness (QED) is 0.746. The van der Waals surface area contributed by atoms with Crippen LogP contribution in [0.1, 0.15) is 58.2 Å². The Morgan fingerprint density at radius 3 is 2.35 bits per heavy atom. The number of rotatable bonds is 6. The van der Waals surface area contributed by atoms with Gasteiger partial charge in [0.25, 0.3) is 0 Å². The van der Waals surface area contributed by atoms with Crippen molar-refractivity contribution in [2.24, 2.45) is 0 Å². The molecule has 1 heterocycles. The molecular weight excluding hydrogens is 252 g/mol. The molecule has 5 heteroatoms. The zero-order chi connectivity index (χ0) is 14.6. The largest absolute Gasteiger partial charge is 0.388 e. The summed E-state index contributed by atoms with van der Waals surface area (Å²) < 4.78 is 0. The number of hydrogen-bond acceptors (Lipinski definition) is 5. The van der Waals surface area contributed by atoms with E-state index >= 15 is 0 Å². The average molecular weight is 278 g/mol. The van der Waals surface area contributed by atoms with E-state index in [0.29, 0.717) is 6.54 Å². The highest BCUT2D eigenvalue weighted by Crippen LogP contribution is 2.29. The van der Waals surface area contributed by atoms with Crippen molar-refractivity contribution < 1.29 is 5.11 Å². The Hall–Kier alpha value is -1.36. The van der Waals surface area contributed by atoms with Crippen LogP contribution in [0, 0.1) is 0 Å². The van der Waals surface area contributed by atoms with Gasteiger partial charge in [-0.05, 0) is 19.8 Å². The van der Waals surface area contributed by atoms with Crippen LogP contribution in [0.5, 0.6) is 0 Å². The maximum Gasteiger partial charge on any atom is 0.135 e. The van der Waals surface area contributed by atoms with E-state index in [4.69, 9.17) is 0 Å². The van der Waals surface area contributed by atoms with E-state index in [1.807, 2.05) is 13.0 Å². The molecule has 1 aliphatic carbocycles. The lowest BCUT2D eigenvalue weighted by molar-refractivity contribution is 0.0614. The van der Waals surface area contributed by atoms with E-state index in [2.05, 4.69) is 34.4 Å². The summed E-state index contributed by atoms with van der Waals surface area (Å²) in [6.07, 6.45) is 3.98. The van der Waals surface area contributed by atoms with Crippen LogP contribution in [0.2, 0.25) is 0 Å². The van der Waals surface area contributed by atoms with Crippen LogP contribution in [-0.4, -0.2) is 33.8 Å². The van der Waals surface area contributed by atoms with Gasteiger partial charge in [0, 0.05) is 25.1 Å². The molecule has 0 radical (unpaired) electrons. The van der Waals surface area contributed by atoms with Crippen molar-refractivity contribution in [3.8, 4) is 0 Å². The molecule has 0 unspecified atom stereocenters. The minimum atomic E-state index is -0.568. The molecule has 1 aromatic rings. The molecule has 0 saturated heterocycles. The Morgan fingerprint density at radius 2 is 1.80 bits per heavy atom. The van der Waals surface area contributed by atoms with Crippen molar-refractivity contribution in [2.45, 2.75) is 58.0 Å². The molecule has 20 heavy (non-hydrogen) atoms. The molecule has 0 atom stereocenters.